The lowest BCUT2D eigenvalue weighted by molar-refractivity contribution is -0.126. The fourth-order valence-electron chi connectivity index (χ4n) is 1.02. The first kappa shape index (κ1) is 12.5. The van der Waals surface area contributed by atoms with Crippen molar-refractivity contribution in [1.29, 1.82) is 0 Å². The Labute approximate surface area is 84.7 Å². The van der Waals surface area contributed by atoms with Crippen LogP contribution >= 0.6 is 12.6 Å². The molecule has 0 aliphatic rings. The van der Waals surface area contributed by atoms with Crippen LogP contribution in [0, 0.1) is 5.92 Å². The highest BCUT2D eigenvalue weighted by Crippen LogP contribution is 2.04. The van der Waals surface area contributed by atoms with E-state index in [4.69, 9.17) is 0 Å². The second kappa shape index (κ2) is 6.02. The maximum Gasteiger partial charge on any atom is 0.217 e. The van der Waals surface area contributed by atoms with E-state index in [2.05, 4.69) is 17.9 Å². The molecule has 0 aromatic carbocycles. The molecule has 0 rings (SSSR count). The summed E-state index contributed by atoms with van der Waals surface area (Å²) in [7, 11) is 0. The van der Waals surface area contributed by atoms with E-state index in [1.54, 1.807) is 0 Å². The minimum absolute atomic E-state index is 0.0557. The Morgan fingerprint density at radius 3 is 2.23 bits per heavy atom. The molecular formula is C9H17NO2S. The van der Waals surface area contributed by atoms with Crippen molar-refractivity contribution in [3.63, 3.8) is 0 Å². The van der Waals surface area contributed by atoms with Gasteiger partial charge in [0.2, 0.25) is 5.91 Å². The average molecular weight is 203 g/mol. The van der Waals surface area contributed by atoms with Crippen molar-refractivity contribution in [1.82, 2.24) is 5.32 Å². The van der Waals surface area contributed by atoms with Crippen LogP contribution in [0.1, 0.15) is 27.2 Å². The first-order valence-electron chi connectivity index (χ1n) is 4.38. The highest BCUT2D eigenvalue weighted by molar-refractivity contribution is 7.80. The lowest BCUT2D eigenvalue weighted by Gasteiger charge is -2.15. The summed E-state index contributed by atoms with van der Waals surface area (Å²) >= 11 is 4.02. The van der Waals surface area contributed by atoms with Crippen molar-refractivity contribution in [2.75, 3.05) is 5.75 Å². The molecule has 0 saturated carbocycles. The van der Waals surface area contributed by atoms with Gasteiger partial charge in [-0.25, -0.2) is 0 Å². The van der Waals surface area contributed by atoms with Crippen LogP contribution in [0.4, 0.5) is 0 Å². The molecular weight excluding hydrogens is 186 g/mol. The molecule has 0 aliphatic heterocycles. The third-order valence-electron chi connectivity index (χ3n) is 1.56. The zero-order valence-corrected chi connectivity index (χ0v) is 9.23. The fraction of sp³-hybridized carbons (Fsp3) is 0.778. The van der Waals surface area contributed by atoms with E-state index in [1.807, 2.05) is 13.8 Å². The van der Waals surface area contributed by atoms with E-state index in [0.717, 1.165) is 0 Å². The maximum absolute atomic E-state index is 11.5. The monoisotopic (exact) mass is 203 g/mol. The molecule has 0 heterocycles. The number of thiol groups is 1. The van der Waals surface area contributed by atoms with Crippen LogP contribution in [0.25, 0.3) is 0 Å². The van der Waals surface area contributed by atoms with Crippen molar-refractivity contribution >= 4 is 24.3 Å². The van der Waals surface area contributed by atoms with E-state index >= 15 is 0 Å². The van der Waals surface area contributed by atoms with Crippen LogP contribution in [0.5, 0.6) is 0 Å². The molecule has 1 N–H and O–H groups in total. The summed E-state index contributed by atoms with van der Waals surface area (Å²) in [6, 6.07) is -0.428. The summed E-state index contributed by atoms with van der Waals surface area (Å²) < 4.78 is 0. The SMILES string of the molecule is CC(=O)N[C@@H](CS)C(=O)CC(C)C. The highest BCUT2D eigenvalue weighted by Gasteiger charge is 2.17. The number of hydrogen-bond donors (Lipinski definition) is 2. The van der Waals surface area contributed by atoms with Gasteiger partial charge in [-0.3, -0.25) is 9.59 Å². The third-order valence-corrected chi connectivity index (χ3v) is 1.92. The van der Waals surface area contributed by atoms with E-state index in [1.165, 1.54) is 6.92 Å². The molecule has 1 atom stereocenters. The van der Waals surface area contributed by atoms with Crippen molar-refractivity contribution in [2.24, 2.45) is 5.92 Å². The largest absolute Gasteiger partial charge is 0.346 e. The smallest absolute Gasteiger partial charge is 0.217 e. The van der Waals surface area contributed by atoms with Crippen LogP contribution in [-0.2, 0) is 9.59 Å². The zero-order chi connectivity index (χ0) is 10.4. The molecule has 3 nitrogen and oxygen atoms in total. The number of carbonyl (C=O) groups is 2. The summed E-state index contributed by atoms with van der Waals surface area (Å²) in [5.41, 5.74) is 0. The second-order valence-electron chi connectivity index (χ2n) is 3.50. The van der Waals surface area contributed by atoms with Gasteiger partial charge in [0.1, 0.15) is 0 Å². The number of Topliss-reactive ketones (excluding diaryl/α,β-unsaturated/α-hetero) is 1. The van der Waals surface area contributed by atoms with E-state index in [0.29, 0.717) is 18.1 Å². The standard InChI is InChI=1S/C9H17NO2S/c1-6(2)4-9(12)8(5-13)10-7(3)11/h6,8,13H,4-5H2,1-3H3,(H,10,11)/t8-/m0/s1. The summed E-state index contributed by atoms with van der Waals surface area (Å²) in [6.07, 6.45) is 0.492. The number of rotatable bonds is 5. The van der Waals surface area contributed by atoms with Crippen molar-refractivity contribution in [2.45, 2.75) is 33.2 Å². The van der Waals surface area contributed by atoms with Gasteiger partial charge in [-0.1, -0.05) is 13.8 Å². The summed E-state index contributed by atoms with van der Waals surface area (Å²) in [5, 5.41) is 2.57. The van der Waals surface area contributed by atoms with E-state index in [9.17, 15) is 9.59 Å². The molecule has 0 fully saturated rings. The normalized spacial score (nSPS) is 12.7. The number of carbonyl (C=O) groups excluding carboxylic acids is 2. The molecule has 0 unspecified atom stereocenters. The molecule has 0 saturated heterocycles. The minimum atomic E-state index is -0.428. The summed E-state index contributed by atoms with van der Waals surface area (Å²) in [6.45, 7) is 5.35. The lowest BCUT2D eigenvalue weighted by atomic mass is 10.0. The van der Waals surface area contributed by atoms with Crippen molar-refractivity contribution in [3.05, 3.63) is 0 Å². The number of hydrogen-bond acceptors (Lipinski definition) is 3. The number of ketones is 1. The average Bonchev–Trinajstić information content (AvgIpc) is 1.98. The Kier molecular flexibility index (Phi) is 5.79. The Morgan fingerprint density at radius 2 is 1.92 bits per heavy atom. The maximum atomic E-state index is 11.5. The molecule has 1 amide bonds. The zero-order valence-electron chi connectivity index (χ0n) is 8.33. The van der Waals surface area contributed by atoms with Gasteiger partial charge in [0.25, 0.3) is 0 Å². The molecule has 4 heteroatoms. The fourth-order valence-corrected chi connectivity index (χ4v) is 1.31. The van der Waals surface area contributed by atoms with E-state index < -0.39 is 6.04 Å². The lowest BCUT2D eigenvalue weighted by Crippen LogP contribution is -2.41. The molecule has 0 aromatic heterocycles. The minimum Gasteiger partial charge on any atom is -0.346 e. The number of amides is 1. The van der Waals surface area contributed by atoms with Crippen LogP contribution in [0.2, 0.25) is 0 Å². The first-order valence-corrected chi connectivity index (χ1v) is 5.01. The van der Waals surface area contributed by atoms with Crippen molar-refractivity contribution in [3.8, 4) is 0 Å². The Morgan fingerprint density at radius 1 is 1.38 bits per heavy atom. The third kappa shape index (κ3) is 5.69. The first-order chi connectivity index (χ1) is 5.97. The Bertz CT molecular complexity index is 192. The van der Waals surface area contributed by atoms with Crippen LogP contribution < -0.4 is 5.32 Å². The van der Waals surface area contributed by atoms with Crippen LogP contribution in [-0.4, -0.2) is 23.5 Å². The van der Waals surface area contributed by atoms with Crippen molar-refractivity contribution < 1.29 is 9.59 Å². The van der Waals surface area contributed by atoms with Gasteiger partial charge in [-0.05, 0) is 5.92 Å². The van der Waals surface area contributed by atoms with Gasteiger partial charge < -0.3 is 5.32 Å². The van der Waals surface area contributed by atoms with Gasteiger partial charge in [0.15, 0.2) is 5.78 Å². The molecule has 13 heavy (non-hydrogen) atoms. The summed E-state index contributed by atoms with van der Waals surface area (Å²) in [4.78, 5) is 22.2. The second-order valence-corrected chi connectivity index (χ2v) is 3.87. The predicted molar refractivity (Wildman–Crippen MR) is 55.9 cm³/mol. The van der Waals surface area contributed by atoms with Crippen LogP contribution in [0.3, 0.4) is 0 Å². The number of nitrogens with one attached hydrogen (secondary N) is 1. The van der Waals surface area contributed by atoms with E-state index in [-0.39, 0.29) is 11.7 Å². The molecule has 0 aliphatic carbocycles. The van der Waals surface area contributed by atoms with Crippen LogP contribution in [0.15, 0.2) is 0 Å². The Hall–Kier alpha value is -0.510. The van der Waals surface area contributed by atoms with Gasteiger partial charge in [0, 0.05) is 19.1 Å². The quantitative estimate of drug-likeness (QED) is 0.656. The van der Waals surface area contributed by atoms with Gasteiger partial charge in [-0.15, -0.1) is 0 Å². The predicted octanol–water partition coefficient (Wildman–Crippen LogP) is 1.04. The van der Waals surface area contributed by atoms with Gasteiger partial charge >= 0.3 is 0 Å². The highest BCUT2D eigenvalue weighted by atomic mass is 32.1. The molecule has 0 bridgehead atoms. The molecule has 0 aromatic rings. The van der Waals surface area contributed by atoms with Gasteiger partial charge in [0.05, 0.1) is 6.04 Å². The van der Waals surface area contributed by atoms with Gasteiger partial charge in [-0.2, -0.15) is 12.6 Å². The molecule has 76 valence electrons. The Balaban J connectivity index is 4.07. The topological polar surface area (TPSA) is 46.2 Å². The molecule has 0 radical (unpaired) electrons. The summed E-state index contributed by atoms with van der Waals surface area (Å²) in [5.74, 6) is 0.561. The molecule has 0 spiro atoms.